The molecule has 0 spiro atoms. The van der Waals surface area contributed by atoms with Crippen LogP contribution >= 0.6 is 0 Å². The predicted molar refractivity (Wildman–Crippen MR) is 52.4 cm³/mol. The zero-order valence-corrected chi connectivity index (χ0v) is 7.77. The number of nitrogens with zero attached hydrogens (tertiary/aromatic N) is 3. The van der Waals surface area contributed by atoms with Gasteiger partial charge in [-0.3, -0.25) is 0 Å². The van der Waals surface area contributed by atoms with E-state index in [9.17, 15) is 0 Å². The van der Waals surface area contributed by atoms with Crippen molar-refractivity contribution in [3.63, 3.8) is 0 Å². The zero-order chi connectivity index (χ0) is 9.26. The van der Waals surface area contributed by atoms with E-state index in [1.807, 2.05) is 6.07 Å². The summed E-state index contributed by atoms with van der Waals surface area (Å²) < 4.78 is 0. The summed E-state index contributed by atoms with van der Waals surface area (Å²) >= 11 is 0. The van der Waals surface area contributed by atoms with Crippen molar-refractivity contribution < 1.29 is 0 Å². The van der Waals surface area contributed by atoms with E-state index in [-0.39, 0.29) is 0 Å². The van der Waals surface area contributed by atoms with Gasteiger partial charge < -0.3 is 10.6 Å². The van der Waals surface area contributed by atoms with E-state index in [1.54, 1.807) is 6.20 Å². The van der Waals surface area contributed by atoms with Crippen molar-refractivity contribution in [3.8, 4) is 0 Å². The van der Waals surface area contributed by atoms with Gasteiger partial charge in [0.15, 0.2) is 0 Å². The fourth-order valence-electron chi connectivity index (χ4n) is 1.68. The van der Waals surface area contributed by atoms with Gasteiger partial charge in [0, 0.05) is 19.3 Å². The number of hydrogen-bond donors (Lipinski definition) is 1. The standard InChI is InChI=1S/C9H14N4/c1-7-3-5-13(6-7)8-2-4-11-9(10)12-8/h2,4,7H,3,5-6H2,1H3,(H2,10,11,12). The molecule has 4 heteroatoms. The molecule has 0 saturated carbocycles. The number of rotatable bonds is 1. The van der Waals surface area contributed by atoms with E-state index in [1.165, 1.54) is 6.42 Å². The van der Waals surface area contributed by atoms with Crippen LogP contribution in [0.15, 0.2) is 12.3 Å². The van der Waals surface area contributed by atoms with Crippen LogP contribution in [0.3, 0.4) is 0 Å². The quantitative estimate of drug-likeness (QED) is 0.694. The van der Waals surface area contributed by atoms with Crippen molar-refractivity contribution in [2.24, 2.45) is 5.92 Å². The molecule has 2 N–H and O–H groups in total. The van der Waals surface area contributed by atoms with Crippen molar-refractivity contribution >= 4 is 11.8 Å². The molecule has 1 unspecified atom stereocenters. The molecule has 1 aliphatic heterocycles. The van der Waals surface area contributed by atoms with Crippen molar-refractivity contribution in [2.45, 2.75) is 13.3 Å². The monoisotopic (exact) mass is 178 g/mol. The Kier molecular flexibility index (Phi) is 2.04. The van der Waals surface area contributed by atoms with E-state index >= 15 is 0 Å². The molecule has 13 heavy (non-hydrogen) atoms. The first kappa shape index (κ1) is 8.29. The summed E-state index contributed by atoms with van der Waals surface area (Å²) in [7, 11) is 0. The number of hydrogen-bond acceptors (Lipinski definition) is 4. The summed E-state index contributed by atoms with van der Waals surface area (Å²) in [6.45, 7) is 4.42. The number of anilines is 2. The minimum atomic E-state index is 0.358. The second kappa shape index (κ2) is 3.20. The highest BCUT2D eigenvalue weighted by molar-refractivity contribution is 5.41. The lowest BCUT2D eigenvalue weighted by atomic mass is 10.2. The zero-order valence-electron chi connectivity index (χ0n) is 7.77. The summed E-state index contributed by atoms with van der Waals surface area (Å²) in [4.78, 5) is 10.3. The Balaban J connectivity index is 2.16. The summed E-state index contributed by atoms with van der Waals surface area (Å²) in [5.41, 5.74) is 5.51. The Hall–Kier alpha value is -1.32. The summed E-state index contributed by atoms with van der Waals surface area (Å²) in [6, 6.07) is 1.91. The van der Waals surface area contributed by atoms with Crippen LogP contribution in [0, 0.1) is 5.92 Å². The van der Waals surface area contributed by atoms with Gasteiger partial charge in [0.1, 0.15) is 5.82 Å². The molecule has 1 saturated heterocycles. The highest BCUT2D eigenvalue weighted by Crippen LogP contribution is 2.21. The fraction of sp³-hybridized carbons (Fsp3) is 0.556. The van der Waals surface area contributed by atoms with Crippen molar-refractivity contribution in [3.05, 3.63) is 12.3 Å². The van der Waals surface area contributed by atoms with Crippen molar-refractivity contribution in [2.75, 3.05) is 23.7 Å². The van der Waals surface area contributed by atoms with E-state index in [0.717, 1.165) is 24.8 Å². The topological polar surface area (TPSA) is 55.0 Å². The third kappa shape index (κ3) is 1.71. The fourth-order valence-corrected chi connectivity index (χ4v) is 1.68. The minimum Gasteiger partial charge on any atom is -0.368 e. The maximum Gasteiger partial charge on any atom is 0.221 e. The van der Waals surface area contributed by atoms with Crippen LogP contribution in [-0.4, -0.2) is 23.1 Å². The van der Waals surface area contributed by atoms with Gasteiger partial charge in [0.25, 0.3) is 0 Å². The van der Waals surface area contributed by atoms with E-state index in [4.69, 9.17) is 5.73 Å². The van der Waals surface area contributed by atoms with Gasteiger partial charge in [-0.05, 0) is 18.4 Å². The first-order chi connectivity index (χ1) is 6.25. The smallest absolute Gasteiger partial charge is 0.221 e. The van der Waals surface area contributed by atoms with Gasteiger partial charge in [0.2, 0.25) is 5.95 Å². The predicted octanol–water partition coefficient (Wildman–Crippen LogP) is 0.905. The molecule has 1 aromatic heterocycles. The molecule has 2 heterocycles. The lowest BCUT2D eigenvalue weighted by Gasteiger charge is -2.16. The Bertz CT molecular complexity index is 299. The van der Waals surface area contributed by atoms with Crippen LogP contribution in [-0.2, 0) is 0 Å². The SMILES string of the molecule is CC1CCN(c2ccnc(N)n2)C1. The van der Waals surface area contributed by atoms with E-state index in [0.29, 0.717) is 5.95 Å². The first-order valence-corrected chi connectivity index (χ1v) is 4.59. The van der Waals surface area contributed by atoms with Gasteiger partial charge in [-0.25, -0.2) is 4.98 Å². The van der Waals surface area contributed by atoms with Crippen LogP contribution in [0.1, 0.15) is 13.3 Å². The molecule has 1 fully saturated rings. The Morgan fingerprint density at radius 1 is 1.62 bits per heavy atom. The highest BCUT2D eigenvalue weighted by atomic mass is 15.2. The number of aromatic nitrogens is 2. The molecule has 0 bridgehead atoms. The van der Waals surface area contributed by atoms with Crippen LogP contribution < -0.4 is 10.6 Å². The minimum absolute atomic E-state index is 0.358. The lowest BCUT2D eigenvalue weighted by molar-refractivity contribution is 0.659. The van der Waals surface area contributed by atoms with Crippen molar-refractivity contribution in [1.29, 1.82) is 0 Å². The van der Waals surface area contributed by atoms with Gasteiger partial charge in [-0.1, -0.05) is 6.92 Å². The second-order valence-corrected chi connectivity index (χ2v) is 3.61. The third-order valence-electron chi connectivity index (χ3n) is 2.41. The third-order valence-corrected chi connectivity index (χ3v) is 2.41. The second-order valence-electron chi connectivity index (χ2n) is 3.61. The first-order valence-electron chi connectivity index (χ1n) is 4.59. The summed E-state index contributed by atoms with van der Waals surface area (Å²) in [6.07, 6.45) is 2.95. The average Bonchev–Trinajstić information content (AvgIpc) is 2.52. The lowest BCUT2D eigenvalue weighted by Crippen LogP contribution is -2.20. The normalized spacial score (nSPS) is 22.2. The maximum absolute atomic E-state index is 5.51. The molecule has 0 aliphatic carbocycles. The molecule has 1 atom stereocenters. The molecular formula is C9H14N4. The van der Waals surface area contributed by atoms with E-state index in [2.05, 4.69) is 21.8 Å². The molecule has 4 nitrogen and oxygen atoms in total. The molecule has 1 aliphatic rings. The van der Waals surface area contributed by atoms with Gasteiger partial charge >= 0.3 is 0 Å². The van der Waals surface area contributed by atoms with Crippen LogP contribution in [0.2, 0.25) is 0 Å². The molecule has 0 radical (unpaired) electrons. The Morgan fingerprint density at radius 2 is 2.46 bits per heavy atom. The van der Waals surface area contributed by atoms with Crippen LogP contribution in [0.4, 0.5) is 11.8 Å². The number of nitrogens with two attached hydrogens (primary N) is 1. The molecule has 0 aromatic carbocycles. The Labute approximate surface area is 77.8 Å². The van der Waals surface area contributed by atoms with E-state index < -0.39 is 0 Å². The summed E-state index contributed by atoms with van der Waals surface area (Å²) in [5.74, 6) is 2.07. The molecular weight excluding hydrogens is 164 g/mol. The largest absolute Gasteiger partial charge is 0.368 e. The van der Waals surface area contributed by atoms with Gasteiger partial charge in [0.05, 0.1) is 0 Å². The molecule has 0 amide bonds. The maximum atomic E-state index is 5.51. The van der Waals surface area contributed by atoms with Crippen LogP contribution in [0.5, 0.6) is 0 Å². The number of nitrogen functional groups attached to an aromatic ring is 1. The van der Waals surface area contributed by atoms with Gasteiger partial charge in [-0.2, -0.15) is 4.98 Å². The Morgan fingerprint density at radius 3 is 3.08 bits per heavy atom. The highest BCUT2D eigenvalue weighted by Gasteiger charge is 2.19. The molecule has 2 rings (SSSR count). The van der Waals surface area contributed by atoms with Gasteiger partial charge in [-0.15, -0.1) is 0 Å². The van der Waals surface area contributed by atoms with Crippen molar-refractivity contribution in [1.82, 2.24) is 9.97 Å². The molecule has 70 valence electrons. The van der Waals surface area contributed by atoms with Crippen LogP contribution in [0.25, 0.3) is 0 Å². The average molecular weight is 178 g/mol. The summed E-state index contributed by atoms with van der Waals surface area (Å²) in [5, 5.41) is 0. The molecule has 1 aromatic rings.